The quantitative estimate of drug-likeness (QED) is 0.854. The minimum Gasteiger partial charge on any atom is -0.348 e. The van der Waals surface area contributed by atoms with Crippen molar-refractivity contribution >= 4 is 5.91 Å². The SMILES string of the molecule is CNC1CCC(NC(=O)c2ncccc2C)CC1. The van der Waals surface area contributed by atoms with Gasteiger partial charge in [0.05, 0.1) is 0 Å². The van der Waals surface area contributed by atoms with Crippen molar-refractivity contribution in [2.75, 3.05) is 7.05 Å². The second kappa shape index (κ2) is 5.96. The van der Waals surface area contributed by atoms with Crippen LogP contribution in [0.25, 0.3) is 0 Å². The highest BCUT2D eigenvalue weighted by Gasteiger charge is 2.22. The molecule has 1 aliphatic carbocycles. The molecule has 2 N–H and O–H groups in total. The lowest BCUT2D eigenvalue weighted by Crippen LogP contribution is -2.41. The fourth-order valence-corrected chi connectivity index (χ4v) is 2.50. The fourth-order valence-electron chi connectivity index (χ4n) is 2.50. The predicted octanol–water partition coefficient (Wildman–Crippen LogP) is 1.65. The van der Waals surface area contributed by atoms with E-state index < -0.39 is 0 Å². The van der Waals surface area contributed by atoms with E-state index in [4.69, 9.17) is 0 Å². The third-order valence-corrected chi connectivity index (χ3v) is 3.70. The Morgan fingerprint density at radius 2 is 1.94 bits per heavy atom. The van der Waals surface area contributed by atoms with Gasteiger partial charge in [0.15, 0.2) is 0 Å². The number of nitrogens with zero attached hydrogens (tertiary/aromatic N) is 1. The van der Waals surface area contributed by atoms with Crippen molar-refractivity contribution in [3.05, 3.63) is 29.6 Å². The average molecular weight is 247 g/mol. The highest BCUT2D eigenvalue weighted by atomic mass is 16.1. The molecule has 0 unspecified atom stereocenters. The van der Waals surface area contributed by atoms with E-state index >= 15 is 0 Å². The van der Waals surface area contributed by atoms with Gasteiger partial charge in [-0.2, -0.15) is 0 Å². The first-order valence-corrected chi connectivity index (χ1v) is 6.60. The van der Waals surface area contributed by atoms with Crippen LogP contribution in [-0.4, -0.2) is 30.0 Å². The first-order chi connectivity index (χ1) is 8.70. The molecule has 0 saturated heterocycles. The van der Waals surface area contributed by atoms with Gasteiger partial charge >= 0.3 is 0 Å². The Morgan fingerprint density at radius 1 is 1.28 bits per heavy atom. The molecule has 1 aliphatic rings. The second-order valence-electron chi connectivity index (χ2n) is 4.98. The molecule has 0 radical (unpaired) electrons. The van der Waals surface area contributed by atoms with Crippen LogP contribution in [0.4, 0.5) is 0 Å². The van der Waals surface area contributed by atoms with Gasteiger partial charge in [0, 0.05) is 18.3 Å². The molecule has 98 valence electrons. The van der Waals surface area contributed by atoms with Crippen LogP contribution in [-0.2, 0) is 0 Å². The molecule has 0 aliphatic heterocycles. The van der Waals surface area contributed by atoms with E-state index in [0.29, 0.717) is 17.8 Å². The first-order valence-electron chi connectivity index (χ1n) is 6.60. The fraction of sp³-hybridized carbons (Fsp3) is 0.571. The summed E-state index contributed by atoms with van der Waals surface area (Å²) in [6.07, 6.45) is 6.01. The molecule has 0 spiro atoms. The average Bonchev–Trinajstić information content (AvgIpc) is 2.40. The van der Waals surface area contributed by atoms with Crippen LogP contribution in [0.2, 0.25) is 0 Å². The van der Waals surface area contributed by atoms with Crippen molar-refractivity contribution < 1.29 is 4.79 Å². The number of carbonyl (C=O) groups is 1. The highest BCUT2D eigenvalue weighted by Crippen LogP contribution is 2.18. The van der Waals surface area contributed by atoms with Crippen molar-refractivity contribution in [3.63, 3.8) is 0 Å². The van der Waals surface area contributed by atoms with Gasteiger partial charge in [-0.05, 0) is 51.3 Å². The summed E-state index contributed by atoms with van der Waals surface area (Å²) in [5.74, 6) is -0.0407. The normalized spacial score (nSPS) is 23.7. The molecule has 1 amide bonds. The monoisotopic (exact) mass is 247 g/mol. The van der Waals surface area contributed by atoms with E-state index in [1.54, 1.807) is 6.20 Å². The Kier molecular flexibility index (Phi) is 4.31. The second-order valence-corrected chi connectivity index (χ2v) is 4.98. The molecule has 0 aromatic carbocycles. The van der Waals surface area contributed by atoms with Crippen LogP contribution in [0, 0.1) is 6.92 Å². The van der Waals surface area contributed by atoms with Crippen LogP contribution in [0.3, 0.4) is 0 Å². The number of amides is 1. The number of hydrogen-bond donors (Lipinski definition) is 2. The topological polar surface area (TPSA) is 54.0 Å². The zero-order valence-corrected chi connectivity index (χ0v) is 11.1. The number of carbonyl (C=O) groups excluding carboxylic acids is 1. The lowest BCUT2D eigenvalue weighted by atomic mass is 9.91. The zero-order valence-electron chi connectivity index (χ0n) is 11.1. The maximum atomic E-state index is 12.1. The van der Waals surface area contributed by atoms with Gasteiger partial charge < -0.3 is 10.6 Å². The molecule has 2 rings (SSSR count). The summed E-state index contributed by atoms with van der Waals surface area (Å²) in [6.45, 7) is 1.92. The van der Waals surface area contributed by atoms with Gasteiger partial charge in [0.1, 0.15) is 5.69 Å². The van der Waals surface area contributed by atoms with E-state index in [2.05, 4.69) is 15.6 Å². The minimum absolute atomic E-state index is 0.0407. The summed E-state index contributed by atoms with van der Waals surface area (Å²) < 4.78 is 0. The molecular weight excluding hydrogens is 226 g/mol. The number of aromatic nitrogens is 1. The largest absolute Gasteiger partial charge is 0.348 e. The van der Waals surface area contributed by atoms with Crippen molar-refractivity contribution in [3.8, 4) is 0 Å². The van der Waals surface area contributed by atoms with Gasteiger partial charge in [-0.25, -0.2) is 0 Å². The summed E-state index contributed by atoms with van der Waals surface area (Å²) in [4.78, 5) is 16.2. The van der Waals surface area contributed by atoms with Gasteiger partial charge in [-0.3, -0.25) is 9.78 Å². The third kappa shape index (κ3) is 3.07. The predicted molar refractivity (Wildman–Crippen MR) is 71.5 cm³/mol. The first kappa shape index (κ1) is 13.0. The van der Waals surface area contributed by atoms with Gasteiger partial charge in [-0.15, -0.1) is 0 Å². The van der Waals surface area contributed by atoms with E-state index in [-0.39, 0.29) is 5.91 Å². The van der Waals surface area contributed by atoms with Gasteiger partial charge in [0.2, 0.25) is 0 Å². The summed E-state index contributed by atoms with van der Waals surface area (Å²) in [5.41, 5.74) is 1.48. The minimum atomic E-state index is -0.0407. The molecule has 1 heterocycles. The highest BCUT2D eigenvalue weighted by molar-refractivity contribution is 5.93. The van der Waals surface area contributed by atoms with Crippen molar-refractivity contribution in [1.82, 2.24) is 15.6 Å². The lowest BCUT2D eigenvalue weighted by molar-refractivity contribution is 0.0919. The molecule has 1 aromatic heterocycles. The van der Waals surface area contributed by atoms with Gasteiger partial charge in [0.25, 0.3) is 5.91 Å². The molecular formula is C14H21N3O. The Balaban J connectivity index is 1.91. The van der Waals surface area contributed by atoms with E-state index in [0.717, 1.165) is 31.2 Å². The number of nitrogens with one attached hydrogen (secondary N) is 2. The maximum Gasteiger partial charge on any atom is 0.270 e. The molecule has 4 nitrogen and oxygen atoms in total. The Hall–Kier alpha value is -1.42. The van der Waals surface area contributed by atoms with E-state index in [1.807, 2.05) is 26.1 Å². The Bertz CT molecular complexity index is 411. The van der Waals surface area contributed by atoms with Crippen molar-refractivity contribution in [2.45, 2.75) is 44.7 Å². The molecule has 1 saturated carbocycles. The number of aryl methyl sites for hydroxylation is 1. The summed E-state index contributed by atoms with van der Waals surface area (Å²) >= 11 is 0. The van der Waals surface area contributed by atoms with Crippen LogP contribution >= 0.6 is 0 Å². The van der Waals surface area contributed by atoms with Crippen molar-refractivity contribution in [2.24, 2.45) is 0 Å². The maximum absolute atomic E-state index is 12.1. The summed E-state index contributed by atoms with van der Waals surface area (Å²) in [7, 11) is 2.00. The Labute approximate surface area is 108 Å². The zero-order chi connectivity index (χ0) is 13.0. The van der Waals surface area contributed by atoms with Gasteiger partial charge in [-0.1, -0.05) is 6.07 Å². The molecule has 1 aromatic rings. The van der Waals surface area contributed by atoms with Crippen molar-refractivity contribution in [1.29, 1.82) is 0 Å². The third-order valence-electron chi connectivity index (χ3n) is 3.70. The Morgan fingerprint density at radius 3 is 2.56 bits per heavy atom. The molecule has 0 bridgehead atoms. The summed E-state index contributed by atoms with van der Waals surface area (Å²) in [5, 5.41) is 6.38. The van der Waals surface area contributed by atoms with Crippen LogP contribution in [0.15, 0.2) is 18.3 Å². The number of pyridine rings is 1. The van der Waals surface area contributed by atoms with Crippen LogP contribution < -0.4 is 10.6 Å². The molecule has 4 heteroatoms. The summed E-state index contributed by atoms with van der Waals surface area (Å²) in [6, 6.07) is 4.67. The lowest BCUT2D eigenvalue weighted by Gasteiger charge is -2.28. The molecule has 1 fully saturated rings. The number of hydrogen-bond acceptors (Lipinski definition) is 3. The molecule has 18 heavy (non-hydrogen) atoms. The van der Waals surface area contributed by atoms with E-state index in [1.165, 1.54) is 0 Å². The van der Waals surface area contributed by atoms with Crippen LogP contribution in [0.5, 0.6) is 0 Å². The standard InChI is InChI=1S/C14H21N3O/c1-10-4-3-9-16-13(10)14(18)17-12-7-5-11(15-2)6-8-12/h3-4,9,11-12,15H,5-8H2,1-2H3,(H,17,18). The van der Waals surface area contributed by atoms with E-state index in [9.17, 15) is 4.79 Å². The smallest absolute Gasteiger partial charge is 0.270 e. The van der Waals surface area contributed by atoms with Crippen LogP contribution in [0.1, 0.15) is 41.7 Å². The molecule has 0 atom stereocenters. The number of rotatable bonds is 3.